The van der Waals surface area contributed by atoms with Gasteiger partial charge in [0.15, 0.2) is 11.8 Å². The zero-order valence-electron chi connectivity index (χ0n) is 19.9. The Bertz CT molecular complexity index is 1070. The Morgan fingerprint density at radius 2 is 1.85 bits per heavy atom. The molecular weight excluding hydrogens is 414 g/mol. The Morgan fingerprint density at radius 3 is 2.52 bits per heavy atom. The zero-order chi connectivity index (χ0) is 23.2. The molecule has 33 heavy (non-hydrogen) atoms. The van der Waals surface area contributed by atoms with Crippen molar-refractivity contribution in [2.24, 2.45) is 12.0 Å². The van der Waals surface area contributed by atoms with Gasteiger partial charge in [-0.05, 0) is 50.1 Å². The van der Waals surface area contributed by atoms with Gasteiger partial charge in [0.05, 0.1) is 20.2 Å². The smallest absolute Gasteiger partial charge is 0.192 e. The maximum atomic E-state index is 5.26. The third-order valence-electron chi connectivity index (χ3n) is 6.10. The van der Waals surface area contributed by atoms with Gasteiger partial charge in [-0.3, -0.25) is 0 Å². The van der Waals surface area contributed by atoms with Crippen LogP contribution in [0.5, 0.6) is 5.75 Å². The molecule has 3 aromatic rings. The number of aromatic nitrogens is 3. The summed E-state index contributed by atoms with van der Waals surface area (Å²) in [7, 11) is 3.65. The molecule has 1 atom stereocenters. The van der Waals surface area contributed by atoms with Crippen LogP contribution in [0.3, 0.4) is 0 Å². The maximum Gasteiger partial charge on any atom is 0.192 e. The number of hydrogen-bond acceptors (Lipinski definition) is 5. The third-order valence-corrected chi connectivity index (χ3v) is 6.10. The molecule has 0 saturated carbocycles. The van der Waals surface area contributed by atoms with Gasteiger partial charge in [0, 0.05) is 31.9 Å². The van der Waals surface area contributed by atoms with Crippen molar-refractivity contribution >= 4 is 11.6 Å². The summed E-state index contributed by atoms with van der Waals surface area (Å²) in [5, 5.41) is 15.5. The number of hydrogen-bond donors (Lipinski definition) is 2. The molecule has 8 heteroatoms. The first-order chi connectivity index (χ1) is 16.0. The van der Waals surface area contributed by atoms with Gasteiger partial charge in [-0.15, -0.1) is 10.2 Å². The van der Waals surface area contributed by atoms with E-state index in [1.165, 1.54) is 11.3 Å². The first-order valence-electron chi connectivity index (χ1n) is 11.4. The van der Waals surface area contributed by atoms with Crippen molar-refractivity contribution in [3.05, 3.63) is 71.3 Å². The molecule has 1 unspecified atom stereocenters. The molecule has 2 aromatic carbocycles. The predicted octanol–water partition coefficient (Wildman–Crippen LogP) is 2.95. The number of nitrogens with one attached hydrogen (secondary N) is 2. The van der Waals surface area contributed by atoms with Gasteiger partial charge in [-0.1, -0.05) is 29.8 Å². The number of aryl methyl sites for hydroxylation is 2. The van der Waals surface area contributed by atoms with Gasteiger partial charge in [0.2, 0.25) is 0 Å². The van der Waals surface area contributed by atoms with Crippen molar-refractivity contribution in [3.63, 3.8) is 0 Å². The van der Waals surface area contributed by atoms with Crippen LogP contribution >= 0.6 is 0 Å². The quantitative estimate of drug-likeness (QED) is 0.428. The minimum absolute atomic E-state index is 0.314. The minimum atomic E-state index is 0.314. The van der Waals surface area contributed by atoms with E-state index in [2.05, 4.69) is 56.9 Å². The van der Waals surface area contributed by atoms with Crippen LogP contribution in [0.15, 0.2) is 53.5 Å². The summed E-state index contributed by atoms with van der Waals surface area (Å²) >= 11 is 0. The van der Waals surface area contributed by atoms with Crippen LogP contribution < -0.4 is 20.3 Å². The molecule has 1 saturated heterocycles. The van der Waals surface area contributed by atoms with E-state index in [1.54, 1.807) is 7.11 Å². The first-order valence-corrected chi connectivity index (χ1v) is 11.4. The lowest BCUT2D eigenvalue weighted by Gasteiger charge is -2.21. The van der Waals surface area contributed by atoms with Gasteiger partial charge >= 0.3 is 0 Å². The highest BCUT2D eigenvalue weighted by Gasteiger charge is 2.23. The molecule has 0 spiro atoms. The van der Waals surface area contributed by atoms with Gasteiger partial charge in [0.25, 0.3) is 0 Å². The molecule has 2 heterocycles. The lowest BCUT2D eigenvalue weighted by molar-refractivity contribution is 0.414. The van der Waals surface area contributed by atoms with E-state index < -0.39 is 0 Å². The normalized spacial score (nSPS) is 16.2. The minimum Gasteiger partial charge on any atom is -0.497 e. The maximum absolute atomic E-state index is 5.26. The van der Waals surface area contributed by atoms with E-state index in [1.807, 2.05) is 42.8 Å². The highest BCUT2D eigenvalue weighted by atomic mass is 16.5. The van der Waals surface area contributed by atoms with Crippen molar-refractivity contribution in [2.75, 3.05) is 25.1 Å². The van der Waals surface area contributed by atoms with E-state index in [9.17, 15) is 0 Å². The van der Waals surface area contributed by atoms with Crippen LogP contribution in [0.25, 0.3) is 0 Å². The summed E-state index contributed by atoms with van der Waals surface area (Å²) in [6.07, 6.45) is 1.06. The van der Waals surface area contributed by atoms with Crippen molar-refractivity contribution < 1.29 is 4.74 Å². The van der Waals surface area contributed by atoms with Crippen LogP contribution in [0, 0.1) is 13.8 Å². The summed E-state index contributed by atoms with van der Waals surface area (Å²) in [6.45, 7) is 7.16. The Morgan fingerprint density at radius 1 is 1.09 bits per heavy atom. The SMILES string of the molecule is COc1ccc(CN=C(NCc2nnc(C)n2C)NC2CCN(c3ccc(C)cc3)C2)cc1. The summed E-state index contributed by atoms with van der Waals surface area (Å²) in [5.41, 5.74) is 3.67. The van der Waals surface area contributed by atoms with Crippen molar-refractivity contribution in [3.8, 4) is 5.75 Å². The van der Waals surface area contributed by atoms with E-state index in [0.717, 1.165) is 48.4 Å². The van der Waals surface area contributed by atoms with E-state index in [-0.39, 0.29) is 0 Å². The van der Waals surface area contributed by atoms with E-state index in [4.69, 9.17) is 9.73 Å². The van der Waals surface area contributed by atoms with Crippen molar-refractivity contribution in [1.82, 2.24) is 25.4 Å². The van der Waals surface area contributed by atoms with Crippen LogP contribution in [0.1, 0.15) is 29.2 Å². The molecule has 174 valence electrons. The molecule has 1 aliphatic rings. The molecule has 0 bridgehead atoms. The van der Waals surface area contributed by atoms with E-state index in [0.29, 0.717) is 19.1 Å². The second-order valence-corrected chi connectivity index (χ2v) is 8.50. The highest BCUT2D eigenvalue weighted by Crippen LogP contribution is 2.21. The number of methoxy groups -OCH3 is 1. The number of rotatable bonds is 7. The summed E-state index contributed by atoms with van der Waals surface area (Å²) in [4.78, 5) is 7.27. The van der Waals surface area contributed by atoms with Crippen LogP contribution in [-0.2, 0) is 20.1 Å². The third kappa shape index (κ3) is 5.83. The van der Waals surface area contributed by atoms with Crippen molar-refractivity contribution in [2.45, 2.75) is 39.4 Å². The molecular formula is C25H33N7O. The first kappa shape index (κ1) is 22.6. The second-order valence-electron chi connectivity index (χ2n) is 8.50. The number of ether oxygens (including phenoxy) is 1. The zero-order valence-corrected chi connectivity index (χ0v) is 19.9. The topological polar surface area (TPSA) is 79.6 Å². The van der Waals surface area contributed by atoms with Gasteiger partial charge in [-0.2, -0.15) is 0 Å². The Kier molecular flexibility index (Phi) is 7.12. The number of aliphatic imine (C=N–C) groups is 1. The Labute approximate surface area is 195 Å². The predicted molar refractivity (Wildman–Crippen MR) is 132 cm³/mol. The van der Waals surface area contributed by atoms with Gasteiger partial charge in [-0.25, -0.2) is 4.99 Å². The molecule has 0 radical (unpaired) electrons. The average molecular weight is 448 g/mol. The fourth-order valence-electron chi connectivity index (χ4n) is 3.88. The lowest BCUT2D eigenvalue weighted by atomic mass is 10.2. The largest absolute Gasteiger partial charge is 0.497 e. The standard InChI is InChI=1S/C25H33N7O/c1-18-5-9-22(10-6-18)32-14-13-21(17-32)28-25(27-16-24-30-29-19(2)31(24)3)26-15-20-7-11-23(33-4)12-8-20/h5-12,21H,13-17H2,1-4H3,(H2,26,27,28). The fourth-order valence-corrected chi connectivity index (χ4v) is 3.88. The molecule has 8 nitrogen and oxygen atoms in total. The molecule has 1 aliphatic heterocycles. The fraction of sp³-hybridized carbons (Fsp3) is 0.400. The molecule has 0 aliphatic carbocycles. The summed E-state index contributed by atoms with van der Waals surface area (Å²) in [6, 6.07) is 17.1. The summed E-state index contributed by atoms with van der Waals surface area (Å²) < 4.78 is 7.25. The molecule has 4 rings (SSSR count). The number of anilines is 1. The molecule has 1 aromatic heterocycles. The average Bonchev–Trinajstić information content (AvgIpc) is 3.43. The van der Waals surface area contributed by atoms with Gasteiger partial charge < -0.3 is 24.8 Å². The van der Waals surface area contributed by atoms with Crippen LogP contribution in [-0.4, -0.2) is 47.0 Å². The van der Waals surface area contributed by atoms with Crippen LogP contribution in [0.2, 0.25) is 0 Å². The lowest BCUT2D eigenvalue weighted by Crippen LogP contribution is -2.44. The number of nitrogens with zero attached hydrogens (tertiary/aromatic N) is 5. The molecule has 0 amide bonds. The molecule has 2 N–H and O–H groups in total. The number of guanidine groups is 1. The number of benzene rings is 2. The van der Waals surface area contributed by atoms with Gasteiger partial charge in [0.1, 0.15) is 11.6 Å². The Balaban J connectivity index is 1.43. The van der Waals surface area contributed by atoms with Crippen molar-refractivity contribution in [1.29, 1.82) is 0 Å². The van der Waals surface area contributed by atoms with E-state index >= 15 is 0 Å². The highest BCUT2D eigenvalue weighted by molar-refractivity contribution is 5.80. The molecule has 1 fully saturated rings. The summed E-state index contributed by atoms with van der Waals surface area (Å²) in [5.74, 6) is 3.39. The van der Waals surface area contributed by atoms with Crippen LogP contribution in [0.4, 0.5) is 5.69 Å². The second kappa shape index (κ2) is 10.4. The monoisotopic (exact) mass is 447 g/mol. The Hall–Kier alpha value is -3.55.